The fraction of sp³-hybridized carbons (Fsp3) is 0.273. The van der Waals surface area contributed by atoms with Crippen LogP contribution in [0.3, 0.4) is 0 Å². The lowest BCUT2D eigenvalue weighted by molar-refractivity contribution is -0.131. The molecule has 0 radical (unpaired) electrons. The summed E-state index contributed by atoms with van der Waals surface area (Å²) in [4.78, 5) is 14.5. The second-order valence-electron chi connectivity index (χ2n) is 3.41. The van der Waals surface area contributed by atoms with Crippen molar-refractivity contribution < 1.29 is 9.90 Å². The summed E-state index contributed by atoms with van der Waals surface area (Å²) in [5.74, 6) is -1.06. The summed E-state index contributed by atoms with van der Waals surface area (Å²) in [6.45, 7) is 3.76. The summed E-state index contributed by atoms with van der Waals surface area (Å²) in [7, 11) is 0. The van der Waals surface area contributed by atoms with Gasteiger partial charge < -0.3 is 10.8 Å². The molecule has 1 rings (SSSR count). The first-order chi connectivity index (χ1) is 7.02. The highest BCUT2D eigenvalue weighted by Crippen LogP contribution is 2.23. The monoisotopic (exact) mass is 206 g/mol. The van der Waals surface area contributed by atoms with Crippen molar-refractivity contribution in [3.8, 4) is 0 Å². The van der Waals surface area contributed by atoms with Gasteiger partial charge in [-0.1, -0.05) is 13.0 Å². The number of nitrogens with zero attached hydrogens (tertiary/aromatic N) is 1. The summed E-state index contributed by atoms with van der Waals surface area (Å²) in [5.41, 5.74) is 8.14. The molecule has 0 saturated carbocycles. The van der Waals surface area contributed by atoms with Crippen molar-refractivity contribution in [2.45, 2.75) is 19.8 Å². The third-order valence-corrected chi connectivity index (χ3v) is 2.20. The van der Waals surface area contributed by atoms with Crippen LogP contribution in [-0.4, -0.2) is 16.1 Å². The van der Waals surface area contributed by atoms with Gasteiger partial charge in [0.1, 0.15) is 0 Å². The van der Waals surface area contributed by atoms with E-state index < -0.39 is 5.97 Å². The largest absolute Gasteiger partial charge is 0.478 e. The molecule has 0 saturated heterocycles. The van der Waals surface area contributed by atoms with Crippen LogP contribution in [0.1, 0.15) is 24.1 Å². The third-order valence-electron chi connectivity index (χ3n) is 2.20. The van der Waals surface area contributed by atoms with Crippen molar-refractivity contribution in [1.29, 1.82) is 0 Å². The molecule has 0 aliphatic heterocycles. The molecule has 1 aromatic rings. The molecule has 1 atom stereocenters. The molecule has 15 heavy (non-hydrogen) atoms. The molecule has 0 amide bonds. The van der Waals surface area contributed by atoms with E-state index in [1.54, 1.807) is 12.3 Å². The van der Waals surface area contributed by atoms with Gasteiger partial charge in [-0.15, -0.1) is 0 Å². The highest BCUT2D eigenvalue weighted by atomic mass is 16.4. The Kier molecular flexibility index (Phi) is 3.44. The molecule has 1 unspecified atom stereocenters. The van der Waals surface area contributed by atoms with E-state index in [0.29, 0.717) is 11.4 Å². The van der Waals surface area contributed by atoms with Crippen LogP contribution < -0.4 is 5.73 Å². The number of allylic oxidation sites excluding steroid dienone is 1. The molecule has 0 spiro atoms. The molecule has 0 aliphatic carbocycles. The van der Waals surface area contributed by atoms with Gasteiger partial charge in [-0.25, -0.2) is 4.79 Å². The zero-order valence-corrected chi connectivity index (χ0v) is 8.77. The normalized spacial score (nSPS) is 12.9. The Balaban J connectivity index is 2.96. The van der Waals surface area contributed by atoms with Crippen molar-refractivity contribution >= 4 is 11.7 Å². The molecule has 1 heterocycles. The van der Waals surface area contributed by atoms with Crippen LogP contribution in [0.15, 0.2) is 24.4 Å². The second kappa shape index (κ2) is 4.59. The van der Waals surface area contributed by atoms with E-state index in [4.69, 9.17) is 10.8 Å². The summed E-state index contributed by atoms with van der Waals surface area (Å²) >= 11 is 0. The van der Waals surface area contributed by atoms with Gasteiger partial charge in [0.05, 0.1) is 11.4 Å². The first-order valence-electron chi connectivity index (χ1n) is 4.64. The Morgan fingerprint density at radius 3 is 2.93 bits per heavy atom. The lowest BCUT2D eigenvalue weighted by Gasteiger charge is -2.10. The van der Waals surface area contributed by atoms with Crippen molar-refractivity contribution in [2.75, 3.05) is 5.73 Å². The van der Waals surface area contributed by atoms with Crippen molar-refractivity contribution in [3.63, 3.8) is 0 Å². The summed E-state index contributed by atoms with van der Waals surface area (Å²) < 4.78 is 0. The Morgan fingerprint density at radius 2 is 2.33 bits per heavy atom. The van der Waals surface area contributed by atoms with Gasteiger partial charge in [-0.3, -0.25) is 4.98 Å². The third kappa shape index (κ3) is 2.80. The predicted octanol–water partition coefficient (Wildman–Crippen LogP) is 1.72. The van der Waals surface area contributed by atoms with Crippen molar-refractivity contribution in [1.82, 2.24) is 4.98 Å². The Morgan fingerprint density at radius 1 is 1.67 bits per heavy atom. The first-order valence-corrected chi connectivity index (χ1v) is 4.64. The minimum absolute atomic E-state index is 0.0963. The van der Waals surface area contributed by atoms with Crippen LogP contribution in [0.25, 0.3) is 0 Å². The van der Waals surface area contributed by atoms with E-state index >= 15 is 0 Å². The maximum Gasteiger partial charge on any atom is 0.327 e. The number of carboxylic acid groups (broad SMARTS) is 1. The smallest absolute Gasteiger partial charge is 0.327 e. The molecule has 0 fully saturated rings. The summed E-state index contributed by atoms with van der Waals surface area (Å²) in [6, 6.07) is 1.83. The number of carbonyl (C=O) groups is 1. The van der Waals surface area contributed by atoms with Crippen LogP contribution >= 0.6 is 0 Å². The zero-order valence-electron chi connectivity index (χ0n) is 8.77. The number of pyridine rings is 1. The number of aromatic nitrogens is 1. The average Bonchev–Trinajstić information content (AvgIpc) is 2.18. The van der Waals surface area contributed by atoms with Gasteiger partial charge in [0, 0.05) is 18.2 Å². The number of carboxylic acids is 1. The Bertz CT molecular complexity index is 400. The standard InChI is InChI=1S/C11H14N2O2/c1-7-5-6-13-11(10(7)12)8(2)3-4-9(14)15/h3-6,8H,12H2,1-2H3,(H,14,15)/b4-3+. The minimum atomic E-state index is -0.965. The predicted molar refractivity (Wildman–Crippen MR) is 58.6 cm³/mol. The van der Waals surface area contributed by atoms with E-state index in [2.05, 4.69) is 4.98 Å². The molecule has 4 heteroatoms. The maximum atomic E-state index is 10.3. The number of nitrogen functional groups attached to an aromatic ring is 1. The molecular weight excluding hydrogens is 192 g/mol. The van der Waals surface area contributed by atoms with Gasteiger partial charge in [0.15, 0.2) is 0 Å². The van der Waals surface area contributed by atoms with Crippen LogP contribution in [0.5, 0.6) is 0 Å². The molecule has 3 N–H and O–H groups in total. The first kappa shape index (κ1) is 11.2. The van der Waals surface area contributed by atoms with Gasteiger partial charge >= 0.3 is 5.97 Å². The highest BCUT2D eigenvalue weighted by molar-refractivity contribution is 5.79. The van der Waals surface area contributed by atoms with Gasteiger partial charge in [-0.05, 0) is 18.6 Å². The summed E-state index contributed by atoms with van der Waals surface area (Å²) in [5, 5.41) is 8.49. The van der Waals surface area contributed by atoms with Gasteiger partial charge in [0.25, 0.3) is 0 Å². The van der Waals surface area contributed by atoms with E-state index in [1.165, 1.54) is 0 Å². The topological polar surface area (TPSA) is 76.2 Å². The van der Waals surface area contributed by atoms with E-state index in [1.807, 2.05) is 19.9 Å². The van der Waals surface area contributed by atoms with Crippen LogP contribution in [0, 0.1) is 6.92 Å². The SMILES string of the molecule is Cc1ccnc(C(C)/C=C/C(=O)O)c1N. The molecule has 4 nitrogen and oxygen atoms in total. The molecule has 1 aromatic heterocycles. The minimum Gasteiger partial charge on any atom is -0.478 e. The fourth-order valence-electron chi connectivity index (χ4n) is 1.27. The van der Waals surface area contributed by atoms with E-state index in [-0.39, 0.29) is 5.92 Å². The van der Waals surface area contributed by atoms with Gasteiger partial charge in [0.2, 0.25) is 0 Å². The number of hydrogen-bond acceptors (Lipinski definition) is 3. The molecule has 80 valence electrons. The van der Waals surface area contributed by atoms with Gasteiger partial charge in [-0.2, -0.15) is 0 Å². The molecule has 0 aliphatic rings. The molecule has 0 aromatic carbocycles. The quantitative estimate of drug-likeness (QED) is 0.738. The summed E-state index contributed by atoms with van der Waals surface area (Å²) in [6.07, 6.45) is 4.35. The number of nitrogens with two attached hydrogens (primary N) is 1. The Hall–Kier alpha value is -1.84. The number of hydrogen-bond donors (Lipinski definition) is 2. The number of anilines is 1. The zero-order chi connectivity index (χ0) is 11.4. The van der Waals surface area contributed by atoms with E-state index in [9.17, 15) is 4.79 Å². The lowest BCUT2D eigenvalue weighted by Crippen LogP contribution is -2.03. The average molecular weight is 206 g/mol. The van der Waals surface area contributed by atoms with E-state index in [0.717, 1.165) is 11.6 Å². The number of rotatable bonds is 3. The Labute approximate surface area is 88.4 Å². The molecule has 0 bridgehead atoms. The number of aliphatic carboxylic acids is 1. The number of aryl methyl sites for hydroxylation is 1. The second-order valence-corrected chi connectivity index (χ2v) is 3.41. The molecular formula is C11H14N2O2. The highest BCUT2D eigenvalue weighted by Gasteiger charge is 2.09. The lowest BCUT2D eigenvalue weighted by atomic mass is 10.0. The maximum absolute atomic E-state index is 10.3. The van der Waals surface area contributed by atoms with Crippen LogP contribution in [0.2, 0.25) is 0 Å². The fourth-order valence-corrected chi connectivity index (χ4v) is 1.27. The van der Waals surface area contributed by atoms with Crippen molar-refractivity contribution in [3.05, 3.63) is 35.7 Å². The van der Waals surface area contributed by atoms with Crippen LogP contribution in [0.4, 0.5) is 5.69 Å². The van der Waals surface area contributed by atoms with Crippen molar-refractivity contribution in [2.24, 2.45) is 0 Å². The van der Waals surface area contributed by atoms with Crippen LogP contribution in [-0.2, 0) is 4.79 Å².